The van der Waals surface area contributed by atoms with E-state index in [1.165, 1.54) is 89.0 Å². The zero-order valence-electron chi connectivity index (χ0n) is 21.2. The van der Waals surface area contributed by atoms with Crippen LogP contribution in [0.5, 0.6) is 5.75 Å². The molecule has 1 aromatic heterocycles. The Morgan fingerprint density at radius 2 is 1.24 bits per heavy atom. The topological polar surface area (TPSA) is 35.0 Å². The summed E-state index contributed by atoms with van der Waals surface area (Å²) in [7, 11) is 0. The van der Waals surface area contributed by atoms with E-state index in [1.807, 2.05) is 36.7 Å². The summed E-state index contributed by atoms with van der Waals surface area (Å²) in [4.78, 5) is 9.15. The van der Waals surface area contributed by atoms with Gasteiger partial charge in [0.05, 0.1) is 6.61 Å². The van der Waals surface area contributed by atoms with Gasteiger partial charge >= 0.3 is 0 Å². The lowest BCUT2D eigenvalue weighted by atomic mass is 10.1. The van der Waals surface area contributed by atoms with E-state index in [9.17, 15) is 0 Å². The van der Waals surface area contributed by atoms with Gasteiger partial charge in [-0.2, -0.15) is 0 Å². The van der Waals surface area contributed by atoms with E-state index < -0.39 is 0 Å². The van der Waals surface area contributed by atoms with Gasteiger partial charge in [-0.3, -0.25) is 0 Å². The number of allylic oxidation sites excluding steroid dienone is 1. The van der Waals surface area contributed by atoms with Gasteiger partial charge in [-0.15, -0.1) is 0 Å². The van der Waals surface area contributed by atoms with Crippen LogP contribution in [0.2, 0.25) is 0 Å². The first-order valence-electron chi connectivity index (χ1n) is 13.5. The molecule has 0 aliphatic carbocycles. The minimum atomic E-state index is 0.718. The predicted octanol–water partition coefficient (Wildman–Crippen LogP) is 9.12. The molecule has 0 saturated carbocycles. The minimum Gasteiger partial charge on any atom is -0.493 e. The molecule has 1 aromatic carbocycles. The summed E-state index contributed by atoms with van der Waals surface area (Å²) >= 11 is 0. The molecule has 0 spiro atoms. The van der Waals surface area contributed by atoms with Gasteiger partial charge in [-0.25, -0.2) is 9.97 Å². The number of ether oxygens (including phenoxy) is 1. The highest BCUT2D eigenvalue weighted by molar-refractivity contribution is 5.55. The normalized spacial score (nSPS) is 11.3. The van der Waals surface area contributed by atoms with Crippen LogP contribution in [0.25, 0.3) is 11.4 Å². The molecule has 0 fully saturated rings. The highest BCUT2D eigenvalue weighted by Crippen LogP contribution is 2.20. The second-order valence-electron chi connectivity index (χ2n) is 9.12. The van der Waals surface area contributed by atoms with Gasteiger partial charge in [0, 0.05) is 18.0 Å². The molecule has 0 N–H and O–H groups in total. The Morgan fingerprint density at radius 1 is 0.667 bits per heavy atom. The molecular formula is C30H46N2O. The van der Waals surface area contributed by atoms with E-state index in [-0.39, 0.29) is 0 Å². The Bertz CT molecular complexity index is 737. The first-order valence-corrected chi connectivity index (χ1v) is 13.5. The first kappa shape index (κ1) is 27.1. The fraction of sp³-hybridized carbons (Fsp3) is 0.600. The van der Waals surface area contributed by atoms with Gasteiger partial charge in [0.15, 0.2) is 5.82 Å². The van der Waals surface area contributed by atoms with E-state index in [1.54, 1.807) is 0 Å². The third kappa shape index (κ3) is 12.6. The van der Waals surface area contributed by atoms with E-state index in [4.69, 9.17) is 4.74 Å². The lowest BCUT2D eigenvalue weighted by molar-refractivity contribution is 0.325. The third-order valence-corrected chi connectivity index (χ3v) is 6.08. The molecule has 0 bridgehead atoms. The number of aryl methyl sites for hydroxylation is 1. The zero-order chi connectivity index (χ0) is 23.4. The molecule has 3 nitrogen and oxygen atoms in total. The smallest absolute Gasteiger partial charge is 0.159 e. The summed E-state index contributed by atoms with van der Waals surface area (Å²) in [6.45, 7) is 5.25. The average molecular weight is 451 g/mol. The number of rotatable bonds is 19. The van der Waals surface area contributed by atoms with Crippen molar-refractivity contribution >= 4 is 0 Å². The number of hydrogen-bond acceptors (Lipinski definition) is 3. The maximum Gasteiger partial charge on any atom is 0.159 e. The summed E-state index contributed by atoms with van der Waals surface area (Å²) in [6, 6.07) is 8.13. The molecule has 2 aromatic rings. The van der Waals surface area contributed by atoms with Crippen molar-refractivity contribution in [1.29, 1.82) is 0 Å². The van der Waals surface area contributed by atoms with E-state index in [0.29, 0.717) is 0 Å². The Hall–Kier alpha value is -2.16. The molecule has 0 atom stereocenters. The summed E-state index contributed by atoms with van der Waals surface area (Å²) < 4.78 is 5.88. The number of unbranched alkanes of at least 4 members (excludes halogenated alkanes) is 11. The van der Waals surface area contributed by atoms with Crippen molar-refractivity contribution in [2.75, 3.05) is 6.61 Å². The summed E-state index contributed by atoms with van der Waals surface area (Å²) in [5.74, 6) is 1.69. The van der Waals surface area contributed by atoms with Crippen LogP contribution in [0.3, 0.4) is 0 Å². The van der Waals surface area contributed by atoms with Gasteiger partial charge < -0.3 is 4.74 Å². The molecule has 1 heterocycles. The maximum absolute atomic E-state index is 5.88. The summed E-state index contributed by atoms with van der Waals surface area (Å²) in [6.07, 6.45) is 27.8. The molecule has 0 amide bonds. The molecule has 0 aliphatic rings. The van der Waals surface area contributed by atoms with Crippen molar-refractivity contribution in [3.05, 3.63) is 54.4 Å². The molecule has 0 unspecified atom stereocenters. The molecule has 3 heteroatoms. The molecule has 0 saturated heterocycles. The Labute approximate surface area is 203 Å². The number of benzene rings is 1. The molecule has 33 heavy (non-hydrogen) atoms. The van der Waals surface area contributed by atoms with Crippen LogP contribution in [-0.2, 0) is 6.42 Å². The lowest BCUT2D eigenvalue weighted by Crippen LogP contribution is -1.96. The zero-order valence-corrected chi connectivity index (χ0v) is 21.2. The lowest BCUT2D eigenvalue weighted by Gasteiger charge is -2.06. The second-order valence-corrected chi connectivity index (χ2v) is 9.12. The van der Waals surface area contributed by atoms with Crippen LogP contribution in [0.15, 0.2) is 48.8 Å². The average Bonchev–Trinajstić information content (AvgIpc) is 2.85. The fourth-order valence-corrected chi connectivity index (χ4v) is 3.97. The van der Waals surface area contributed by atoms with Crippen LogP contribution in [0.4, 0.5) is 0 Å². The van der Waals surface area contributed by atoms with Crippen molar-refractivity contribution in [2.45, 2.75) is 110 Å². The SMILES string of the molecule is CCCCCCCCC=CCCOc1ccc(-c2ncc(CCCCCCCC)cn2)cc1. The highest BCUT2D eigenvalue weighted by Gasteiger charge is 2.03. The van der Waals surface area contributed by atoms with Crippen molar-refractivity contribution in [2.24, 2.45) is 0 Å². The van der Waals surface area contributed by atoms with Crippen molar-refractivity contribution in [3.8, 4) is 17.1 Å². The molecular weight excluding hydrogens is 404 g/mol. The number of nitrogens with zero attached hydrogens (tertiary/aromatic N) is 2. The summed E-state index contributed by atoms with van der Waals surface area (Å²) in [5, 5.41) is 0. The van der Waals surface area contributed by atoms with E-state index in [0.717, 1.165) is 36.6 Å². The van der Waals surface area contributed by atoms with E-state index in [2.05, 4.69) is 36.0 Å². The standard InChI is InChI=1S/C30H46N2O/c1-3-5-7-9-11-12-13-14-16-18-24-33-29-22-20-28(21-23-29)30-31-25-27(26-32-30)19-17-15-10-8-6-4-2/h14,16,20-23,25-26H,3-13,15,17-19,24H2,1-2H3. The molecule has 2 rings (SSSR count). The van der Waals surface area contributed by atoms with Gasteiger partial charge in [0.1, 0.15) is 5.75 Å². The monoisotopic (exact) mass is 450 g/mol. The Kier molecular flexibility index (Phi) is 15.0. The first-order chi connectivity index (χ1) is 16.3. The van der Waals surface area contributed by atoms with Crippen LogP contribution >= 0.6 is 0 Å². The Balaban J connectivity index is 1.60. The number of aromatic nitrogens is 2. The van der Waals surface area contributed by atoms with E-state index >= 15 is 0 Å². The molecule has 0 aliphatic heterocycles. The van der Waals surface area contributed by atoms with Crippen molar-refractivity contribution in [1.82, 2.24) is 9.97 Å². The summed E-state index contributed by atoms with van der Waals surface area (Å²) in [5.41, 5.74) is 2.27. The maximum atomic E-state index is 5.88. The van der Waals surface area contributed by atoms with Crippen LogP contribution in [-0.4, -0.2) is 16.6 Å². The van der Waals surface area contributed by atoms with Gasteiger partial charge in [0.2, 0.25) is 0 Å². The van der Waals surface area contributed by atoms with Gasteiger partial charge in [0.25, 0.3) is 0 Å². The van der Waals surface area contributed by atoms with Gasteiger partial charge in [-0.05, 0) is 61.9 Å². The quantitative estimate of drug-likeness (QED) is 0.158. The third-order valence-electron chi connectivity index (χ3n) is 6.08. The Morgan fingerprint density at radius 3 is 1.91 bits per heavy atom. The number of hydrogen-bond donors (Lipinski definition) is 0. The predicted molar refractivity (Wildman–Crippen MR) is 142 cm³/mol. The molecule has 0 radical (unpaired) electrons. The van der Waals surface area contributed by atoms with Crippen molar-refractivity contribution in [3.63, 3.8) is 0 Å². The second kappa shape index (κ2) is 18.3. The van der Waals surface area contributed by atoms with Crippen LogP contribution in [0.1, 0.15) is 109 Å². The van der Waals surface area contributed by atoms with Crippen LogP contribution in [0, 0.1) is 0 Å². The van der Waals surface area contributed by atoms with Crippen LogP contribution < -0.4 is 4.74 Å². The minimum absolute atomic E-state index is 0.718. The highest BCUT2D eigenvalue weighted by atomic mass is 16.5. The fourth-order valence-electron chi connectivity index (χ4n) is 3.97. The van der Waals surface area contributed by atoms with Gasteiger partial charge in [-0.1, -0.05) is 90.2 Å². The largest absolute Gasteiger partial charge is 0.493 e. The molecule has 182 valence electrons. The van der Waals surface area contributed by atoms with Crippen molar-refractivity contribution < 1.29 is 4.74 Å².